The number of aromatic amines is 1. The minimum Gasteiger partial charge on any atom is -0.379 e. The van der Waals surface area contributed by atoms with Crippen molar-refractivity contribution in [3.63, 3.8) is 0 Å². The molecule has 0 saturated carbocycles. The lowest BCUT2D eigenvalue weighted by atomic mass is 9.70. The molecule has 6 rings (SSSR count). The number of carbonyl (C=O) groups is 1. The summed E-state index contributed by atoms with van der Waals surface area (Å²) in [5.74, 6) is -0.433. The second-order valence-electron chi connectivity index (χ2n) is 9.69. The molecule has 2 saturated heterocycles. The Bertz CT molecular complexity index is 1660. The molecule has 0 bridgehead atoms. The third kappa shape index (κ3) is 3.56. The third-order valence-electron chi connectivity index (χ3n) is 7.57. The fourth-order valence-corrected chi connectivity index (χ4v) is 5.58. The molecule has 1 N–H and O–H groups in total. The van der Waals surface area contributed by atoms with Crippen molar-refractivity contribution in [1.82, 2.24) is 9.88 Å². The van der Waals surface area contributed by atoms with Crippen LogP contribution in [0.5, 0.6) is 0 Å². The third-order valence-corrected chi connectivity index (χ3v) is 7.57. The van der Waals surface area contributed by atoms with Gasteiger partial charge in [0.1, 0.15) is 0 Å². The normalized spacial score (nSPS) is 26.7. The molecule has 3 heterocycles. The van der Waals surface area contributed by atoms with E-state index in [0.29, 0.717) is 48.5 Å². The van der Waals surface area contributed by atoms with E-state index in [-0.39, 0.29) is 54.6 Å². The van der Waals surface area contributed by atoms with Crippen LogP contribution in [0.3, 0.4) is 0 Å². The number of nitrogens with zero attached hydrogens (tertiary/aromatic N) is 3. The summed E-state index contributed by atoms with van der Waals surface area (Å²) in [5, 5.41) is 9.96. The second-order valence-corrected chi connectivity index (χ2v) is 9.69. The molecule has 186 valence electrons. The fraction of sp³-hybridized carbons (Fsp3) is 0.467. The zero-order chi connectivity index (χ0) is 31.8. The van der Waals surface area contributed by atoms with Crippen molar-refractivity contribution < 1.29 is 20.5 Å². The molecular formula is C30H34N4O2. The SMILES string of the molecule is [2H]CC1(C[2H])c2cc(N3C([2H])([2H])CC(N4CCOCC4)CC3([2H])[2H])c(C([2H])([2H])C)cc2C(=O)c2c1[nH]c1cc(C#N)ccc21. The number of morpholine rings is 1. The fourth-order valence-electron chi connectivity index (χ4n) is 5.58. The molecule has 0 atom stereocenters. The number of carbonyl (C=O) groups excluding carboxylic acids is 1. The van der Waals surface area contributed by atoms with Crippen LogP contribution >= 0.6 is 0 Å². The van der Waals surface area contributed by atoms with Crippen LogP contribution in [0.4, 0.5) is 5.69 Å². The van der Waals surface area contributed by atoms with Crippen LogP contribution in [0.25, 0.3) is 10.9 Å². The van der Waals surface area contributed by atoms with Crippen LogP contribution in [0, 0.1) is 11.3 Å². The van der Waals surface area contributed by atoms with Gasteiger partial charge in [0.05, 0.1) is 30.4 Å². The highest BCUT2D eigenvalue weighted by Crippen LogP contribution is 2.46. The summed E-state index contributed by atoms with van der Waals surface area (Å²) in [7, 11) is 0. The number of aromatic nitrogens is 1. The number of hydrogen-bond acceptors (Lipinski definition) is 5. The molecule has 6 nitrogen and oxygen atoms in total. The number of hydrogen-bond donors (Lipinski definition) is 1. The van der Waals surface area contributed by atoms with E-state index in [9.17, 15) is 10.1 Å². The van der Waals surface area contributed by atoms with Gasteiger partial charge in [-0.1, -0.05) is 26.8 Å². The number of fused-ring (bicyclic) bond motifs is 4. The number of anilines is 1. The summed E-state index contributed by atoms with van der Waals surface area (Å²) in [6.45, 7) is -1.76. The Hall–Kier alpha value is -3.14. The number of piperidine rings is 1. The van der Waals surface area contributed by atoms with E-state index in [0.717, 1.165) is 4.90 Å². The van der Waals surface area contributed by atoms with Gasteiger partial charge < -0.3 is 14.6 Å². The van der Waals surface area contributed by atoms with E-state index in [1.807, 2.05) is 4.90 Å². The first-order valence-electron chi connectivity index (χ1n) is 16.6. The highest BCUT2D eigenvalue weighted by Gasteiger charge is 2.40. The lowest BCUT2D eigenvalue weighted by Gasteiger charge is -2.42. The molecule has 3 aromatic rings. The maximum absolute atomic E-state index is 14.2. The molecule has 1 aromatic heterocycles. The van der Waals surface area contributed by atoms with E-state index in [4.69, 9.17) is 15.7 Å². The highest BCUT2D eigenvalue weighted by atomic mass is 16.5. The maximum Gasteiger partial charge on any atom is 0.195 e. The Morgan fingerprint density at radius 2 is 2.03 bits per heavy atom. The summed E-state index contributed by atoms with van der Waals surface area (Å²) in [6, 6.07) is 9.36. The van der Waals surface area contributed by atoms with Crippen molar-refractivity contribution in [2.24, 2.45) is 0 Å². The topological polar surface area (TPSA) is 72.4 Å². The smallest absolute Gasteiger partial charge is 0.195 e. The molecule has 2 aliphatic heterocycles. The number of nitriles is 1. The first-order chi connectivity index (χ1) is 20.7. The summed E-state index contributed by atoms with van der Waals surface area (Å²) < 4.78 is 76.7. The van der Waals surface area contributed by atoms with Crippen molar-refractivity contribution in [2.75, 3.05) is 44.2 Å². The van der Waals surface area contributed by atoms with Crippen LogP contribution in [-0.2, 0) is 16.5 Å². The predicted octanol–water partition coefficient (Wildman–Crippen LogP) is 4.77. The van der Waals surface area contributed by atoms with Crippen molar-refractivity contribution in [1.29, 1.82) is 5.26 Å². The average Bonchev–Trinajstić information content (AvgIpc) is 3.35. The van der Waals surface area contributed by atoms with Crippen LogP contribution in [0.2, 0.25) is 0 Å². The lowest BCUT2D eigenvalue weighted by Crippen LogP contribution is -2.49. The van der Waals surface area contributed by atoms with Gasteiger partial charge in [0.15, 0.2) is 5.78 Å². The van der Waals surface area contributed by atoms with Gasteiger partial charge in [-0.25, -0.2) is 0 Å². The quantitative estimate of drug-likeness (QED) is 0.572. The van der Waals surface area contributed by atoms with Crippen molar-refractivity contribution in [2.45, 2.75) is 51.4 Å². The van der Waals surface area contributed by atoms with Crippen LogP contribution in [0.15, 0.2) is 30.3 Å². The first-order valence-corrected chi connectivity index (χ1v) is 12.2. The number of rotatable bonds is 3. The number of benzene rings is 2. The van der Waals surface area contributed by atoms with Gasteiger partial charge in [0, 0.05) is 76.4 Å². The highest BCUT2D eigenvalue weighted by molar-refractivity contribution is 6.20. The Morgan fingerprint density at radius 1 is 1.25 bits per heavy atom. The summed E-state index contributed by atoms with van der Waals surface area (Å²) >= 11 is 0. The van der Waals surface area contributed by atoms with Gasteiger partial charge in [-0.2, -0.15) is 5.26 Å². The molecule has 6 heteroatoms. The number of ether oxygens (including phenoxy) is 1. The molecule has 0 unspecified atom stereocenters. The van der Waals surface area contributed by atoms with Crippen molar-refractivity contribution in [3.05, 3.63) is 63.8 Å². The minimum absolute atomic E-state index is 0.0237. The molecule has 3 aliphatic rings. The molecular weight excluding hydrogens is 448 g/mol. The summed E-state index contributed by atoms with van der Waals surface area (Å²) in [6.07, 6.45) is -2.14. The molecule has 36 heavy (non-hydrogen) atoms. The molecule has 0 spiro atoms. The lowest BCUT2D eigenvalue weighted by molar-refractivity contribution is 0.0115. The van der Waals surface area contributed by atoms with Gasteiger partial charge in [0.2, 0.25) is 0 Å². The van der Waals surface area contributed by atoms with Gasteiger partial charge in [-0.3, -0.25) is 9.69 Å². The standard InChI is InChI=1S/C30H34N4O2/c1-4-20-16-23-24(17-26(20)34-9-7-21(8-10-34)33-11-13-36-14-12-33)30(2,3)29-27(28(23)35)22-6-5-19(18-31)15-25(22)32-29/h5-6,15-17,21,32H,4,7-14H2,1-3H3/i2D,3D,4D2,9D2,10D2. The van der Waals surface area contributed by atoms with Crippen molar-refractivity contribution in [3.8, 4) is 6.07 Å². The van der Waals surface area contributed by atoms with E-state index >= 15 is 0 Å². The number of ketones is 1. The van der Waals surface area contributed by atoms with Gasteiger partial charge in [-0.05, 0) is 54.6 Å². The molecule has 2 aromatic carbocycles. The van der Waals surface area contributed by atoms with Gasteiger partial charge >= 0.3 is 0 Å². The average molecular weight is 491 g/mol. The van der Waals surface area contributed by atoms with Crippen LogP contribution < -0.4 is 4.90 Å². The summed E-state index contributed by atoms with van der Waals surface area (Å²) in [5.41, 5.74) is 0.419. The van der Waals surface area contributed by atoms with Crippen LogP contribution in [0.1, 0.15) is 82.8 Å². The van der Waals surface area contributed by atoms with E-state index in [2.05, 4.69) is 11.1 Å². The Morgan fingerprint density at radius 3 is 2.72 bits per heavy atom. The van der Waals surface area contributed by atoms with Gasteiger partial charge in [-0.15, -0.1) is 0 Å². The minimum atomic E-state index is -2.23. The van der Waals surface area contributed by atoms with Crippen molar-refractivity contribution >= 4 is 22.4 Å². The molecule has 2 fully saturated rings. The number of nitrogens with one attached hydrogen (secondary N) is 1. The monoisotopic (exact) mass is 490 g/mol. The zero-order valence-corrected chi connectivity index (χ0v) is 20.3. The second kappa shape index (κ2) is 8.76. The van der Waals surface area contributed by atoms with E-state index < -0.39 is 36.6 Å². The number of aryl methyl sites for hydroxylation is 1. The Labute approximate surface area is 224 Å². The Kier molecular flexibility index (Phi) is 3.86. The zero-order valence-electron chi connectivity index (χ0n) is 28.3. The predicted molar refractivity (Wildman–Crippen MR) is 142 cm³/mol. The molecule has 0 amide bonds. The molecule has 0 radical (unpaired) electrons. The maximum atomic E-state index is 14.2. The Balaban J connectivity index is 1.57. The van der Waals surface area contributed by atoms with E-state index in [1.54, 1.807) is 18.2 Å². The van der Waals surface area contributed by atoms with E-state index in [1.165, 1.54) is 19.1 Å². The number of H-pyrrole nitrogens is 1. The molecule has 1 aliphatic carbocycles. The largest absolute Gasteiger partial charge is 0.379 e. The first kappa shape index (κ1) is 15.9. The van der Waals surface area contributed by atoms with Crippen LogP contribution in [-0.4, -0.2) is 61.0 Å². The summed E-state index contributed by atoms with van der Waals surface area (Å²) in [4.78, 5) is 20.5. The van der Waals surface area contributed by atoms with Gasteiger partial charge in [0.25, 0.3) is 0 Å².